The zero-order valence-electron chi connectivity index (χ0n) is 18.5. The molecule has 5 rings (SSSR count). The number of hydrogen-bond acceptors (Lipinski definition) is 6. The molecule has 3 heterocycles. The zero-order chi connectivity index (χ0) is 22.8. The van der Waals surface area contributed by atoms with Crippen LogP contribution < -0.4 is 9.64 Å². The molecule has 2 aromatic carbocycles. The van der Waals surface area contributed by atoms with E-state index >= 15 is 0 Å². The molecule has 0 saturated carbocycles. The van der Waals surface area contributed by atoms with E-state index in [0.29, 0.717) is 11.4 Å². The molecular weight excluding hydrogens is 406 g/mol. The van der Waals surface area contributed by atoms with E-state index < -0.39 is 29.3 Å². The number of anilines is 1. The molecule has 0 spiro atoms. The summed E-state index contributed by atoms with van der Waals surface area (Å²) in [5.41, 5.74) is 1.61. The van der Waals surface area contributed by atoms with Gasteiger partial charge in [-0.2, -0.15) is 5.10 Å². The van der Waals surface area contributed by atoms with Gasteiger partial charge in [0.25, 0.3) is 0 Å². The van der Waals surface area contributed by atoms with Crippen LogP contribution in [0.1, 0.15) is 37.9 Å². The van der Waals surface area contributed by atoms with Crippen molar-refractivity contribution in [3.8, 4) is 5.75 Å². The van der Waals surface area contributed by atoms with Gasteiger partial charge in [-0.15, -0.1) is 0 Å². The first-order valence-corrected chi connectivity index (χ1v) is 10.7. The average Bonchev–Trinajstić information content (AvgIpc) is 3.25. The SMILES string of the molecule is COc1ccc(N2C(=O)[C@@H]3[C@H](C2=O)[C@H](C(=O)C(C)(C)C)N2N=Cc4ccccc4[C@H]32)cc1. The van der Waals surface area contributed by atoms with E-state index in [4.69, 9.17) is 4.74 Å². The average molecular weight is 431 g/mol. The van der Waals surface area contributed by atoms with Crippen molar-refractivity contribution in [3.05, 3.63) is 59.7 Å². The smallest absolute Gasteiger partial charge is 0.240 e. The third-order valence-electron chi connectivity index (χ3n) is 6.63. The summed E-state index contributed by atoms with van der Waals surface area (Å²) in [6, 6.07) is 13.3. The number of carbonyl (C=O) groups is 3. The maximum Gasteiger partial charge on any atom is 0.240 e. The fourth-order valence-corrected chi connectivity index (χ4v) is 5.10. The molecule has 0 aromatic heterocycles. The number of carbonyl (C=O) groups excluding carboxylic acids is 3. The Morgan fingerprint density at radius 3 is 2.28 bits per heavy atom. The van der Waals surface area contributed by atoms with Crippen LogP contribution in [-0.4, -0.2) is 42.0 Å². The van der Waals surface area contributed by atoms with E-state index in [1.54, 1.807) is 42.6 Å². The topological polar surface area (TPSA) is 79.3 Å². The van der Waals surface area contributed by atoms with Crippen molar-refractivity contribution in [1.82, 2.24) is 5.01 Å². The third kappa shape index (κ3) is 2.80. The number of hydrogen-bond donors (Lipinski definition) is 0. The van der Waals surface area contributed by atoms with Crippen molar-refractivity contribution >= 4 is 29.5 Å². The van der Waals surface area contributed by atoms with Gasteiger partial charge in [0.05, 0.1) is 36.9 Å². The van der Waals surface area contributed by atoms with E-state index in [9.17, 15) is 14.4 Å². The van der Waals surface area contributed by atoms with E-state index in [1.165, 1.54) is 4.90 Å². The van der Waals surface area contributed by atoms with Crippen LogP contribution in [-0.2, 0) is 14.4 Å². The molecule has 0 unspecified atom stereocenters. The number of imide groups is 1. The first-order valence-electron chi connectivity index (χ1n) is 10.7. The summed E-state index contributed by atoms with van der Waals surface area (Å²) in [5.74, 6) is -1.57. The van der Waals surface area contributed by atoms with Gasteiger partial charge in [-0.05, 0) is 35.4 Å². The minimum atomic E-state index is -0.797. The fraction of sp³-hybridized carbons (Fsp3) is 0.360. The van der Waals surface area contributed by atoms with E-state index in [-0.39, 0.29) is 17.6 Å². The highest BCUT2D eigenvalue weighted by Crippen LogP contribution is 2.53. The van der Waals surface area contributed by atoms with Crippen molar-refractivity contribution in [2.24, 2.45) is 22.4 Å². The van der Waals surface area contributed by atoms with Gasteiger partial charge >= 0.3 is 0 Å². The second-order valence-electron chi connectivity index (χ2n) is 9.52. The van der Waals surface area contributed by atoms with Crippen LogP contribution in [0.15, 0.2) is 53.6 Å². The molecule has 0 radical (unpaired) electrons. The third-order valence-corrected chi connectivity index (χ3v) is 6.63. The van der Waals surface area contributed by atoms with Gasteiger partial charge in [-0.1, -0.05) is 45.0 Å². The van der Waals surface area contributed by atoms with Crippen LogP contribution in [0.4, 0.5) is 5.69 Å². The van der Waals surface area contributed by atoms with Crippen molar-refractivity contribution < 1.29 is 19.1 Å². The predicted molar refractivity (Wildman–Crippen MR) is 119 cm³/mol. The standard InChI is InChI=1S/C25H25N3O4/c1-25(2,3)22(29)21-19-18(20-17-8-6-5-7-14(17)13-26-28(20)21)23(30)27(24(19)31)15-9-11-16(32-4)12-10-15/h5-13,18-21H,1-4H3/t18-,19+,20-,21-/m1/s1. The van der Waals surface area contributed by atoms with Crippen molar-refractivity contribution in [2.75, 3.05) is 12.0 Å². The number of ketones is 1. The molecule has 0 aliphatic carbocycles. The van der Waals surface area contributed by atoms with Gasteiger partial charge in [-0.3, -0.25) is 19.4 Å². The van der Waals surface area contributed by atoms with Gasteiger partial charge in [0.2, 0.25) is 11.8 Å². The van der Waals surface area contributed by atoms with Crippen LogP contribution in [0.25, 0.3) is 0 Å². The van der Waals surface area contributed by atoms with Crippen molar-refractivity contribution in [3.63, 3.8) is 0 Å². The number of Topliss-reactive ketones (excluding diaryl/α,β-unsaturated/α-hetero) is 1. The minimum Gasteiger partial charge on any atom is -0.497 e. The molecule has 3 aliphatic rings. The Labute approximate surface area is 186 Å². The second kappa shape index (κ2) is 7.02. The Hall–Kier alpha value is -3.48. The van der Waals surface area contributed by atoms with Crippen LogP contribution >= 0.6 is 0 Å². The van der Waals surface area contributed by atoms with Gasteiger partial charge in [-0.25, -0.2) is 4.90 Å². The molecule has 2 fully saturated rings. The number of fused-ring (bicyclic) bond motifs is 5. The molecule has 4 atom stereocenters. The highest BCUT2D eigenvalue weighted by molar-refractivity contribution is 6.24. The molecule has 3 aliphatic heterocycles. The lowest BCUT2D eigenvalue weighted by atomic mass is 9.79. The number of ether oxygens (including phenoxy) is 1. The fourth-order valence-electron chi connectivity index (χ4n) is 5.10. The van der Waals surface area contributed by atoms with Crippen LogP contribution in [0.5, 0.6) is 5.75 Å². The minimum absolute atomic E-state index is 0.0933. The lowest BCUT2D eigenvalue weighted by molar-refractivity contribution is -0.136. The number of hydrazone groups is 1. The normalized spacial score (nSPS) is 26.1. The quantitative estimate of drug-likeness (QED) is 0.698. The van der Waals surface area contributed by atoms with E-state index in [2.05, 4.69) is 5.10 Å². The summed E-state index contributed by atoms with van der Waals surface area (Å²) in [4.78, 5) is 42.2. The zero-order valence-corrected chi connectivity index (χ0v) is 18.5. The Morgan fingerprint density at radius 2 is 1.62 bits per heavy atom. The van der Waals surface area contributed by atoms with Crippen LogP contribution in [0.2, 0.25) is 0 Å². The summed E-state index contributed by atoms with van der Waals surface area (Å²) < 4.78 is 5.20. The molecule has 0 N–H and O–H groups in total. The molecule has 2 aromatic rings. The Balaban J connectivity index is 1.64. The van der Waals surface area contributed by atoms with Gasteiger partial charge in [0, 0.05) is 5.41 Å². The van der Waals surface area contributed by atoms with Gasteiger partial charge in [0.1, 0.15) is 11.8 Å². The highest BCUT2D eigenvalue weighted by Gasteiger charge is 2.66. The number of amides is 2. The molecule has 0 bridgehead atoms. The molecule has 7 heteroatoms. The lowest BCUT2D eigenvalue weighted by Gasteiger charge is -2.35. The molecule has 164 valence electrons. The largest absolute Gasteiger partial charge is 0.497 e. The van der Waals surface area contributed by atoms with Crippen LogP contribution in [0.3, 0.4) is 0 Å². The summed E-state index contributed by atoms with van der Waals surface area (Å²) in [6.45, 7) is 5.51. The first kappa shape index (κ1) is 20.4. The first-order chi connectivity index (χ1) is 15.2. The molecule has 7 nitrogen and oxygen atoms in total. The monoisotopic (exact) mass is 431 g/mol. The number of rotatable bonds is 3. The summed E-state index contributed by atoms with van der Waals surface area (Å²) >= 11 is 0. The summed E-state index contributed by atoms with van der Waals surface area (Å²) in [6.07, 6.45) is 1.71. The Morgan fingerprint density at radius 1 is 0.969 bits per heavy atom. The number of benzene rings is 2. The summed E-state index contributed by atoms with van der Waals surface area (Å²) in [7, 11) is 1.56. The lowest BCUT2D eigenvalue weighted by Crippen LogP contribution is -2.48. The number of nitrogens with zero attached hydrogens (tertiary/aromatic N) is 3. The second-order valence-corrected chi connectivity index (χ2v) is 9.52. The Kier molecular flexibility index (Phi) is 4.48. The Bertz CT molecular complexity index is 1150. The van der Waals surface area contributed by atoms with Gasteiger partial charge in [0.15, 0.2) is 5.78 Å². The van der Waals surface area contributed by atoms with Crippen molar-refractivity contribution in [1.29, 1.82) is 0 Å². The summed E-state index contributed by atoms with van der Waals surface area (Å²) in [5, 5.41) is 6.27. The van der Waals surface area contributed by atoms with Crippen LogP contribution in [0, 0.1) is 17.3 Å². The van der Waals surface area contributed by atoms with Crippen molar-refractivity contribution in [2.45, 2.75) is 32.9 Å². The number of methoxy groups -OCH3 is 1. The van der Waals surface area contributed by atoms with E-state index in [0.717, 1.165) is 11.1 Å². The predicted octanol–water partition coefficient (Wildman–Crippen LogP) is 3.19. The molecule has 32 heavy (non-hydrogen) atoms. The van der Waals surface area contributed by atoms with Gasteiger partial charge < -0.3 is 4.74 Å². The molecular formula is C25H25N3O4. The maximum absolute atomic E-state index is 13.7. The highest BCUT2D eigenvalue weighted by atomic mass is 16.5. The molecule has 2 amide bonds. The molecule has 2 saturated heterocycles. The van der Waals surface area contributed by atoms with E-state index in [1.807, 2.05) is 45.0 Å². The maximum atomic E-state index is 13.7.